The zero-order valence-corrected chi connectivity index (χ0v) is 15.9. The van der Waals surface area contributed by atoms with E-state index in [-0.39, 0.29) is 5.69 Å². The Morgan fingerprint density at radius 2 is 2.19 bits per heavy atom. The van der Waals surface area contributed by atoms with Gasteiger partial charge in [-0.1, -0.05) is 17.8 Å². The second kappa shape index (κ2) is 7.05. The molecule has 3 aromatic heterocycles. The van der Waals surface area contributed by atoms with E-state index in [2.05, 4.69) is 27.2 Å². The maximum Gasteiger partial charge on any atom is 0.358 e. The summed E-state index contributed by atoms with van der Waals surface area (Å²) in [7, 11) is 0. The number of rotatable bonds is 5. The minimum absolute atomic E-state index is 0.279. The van der Waals surface area contributed by atoms with Gasteiger partial charge in [-0.3, -0.25) is 0 Å². The van der Waals surface area contributed by atoms with Crippen molar-refractivity contribution in [3.8, 4) is 0 Å². The number of fused-ring (bicyclic) bond motifs is 2. The zero-order valence-electron chi connectivity index (χ0n) is 14.3. The normalized spacial score (nSPS) is 11.3. The number of carbonyl (C=O) groups is 1. The molecule has 132 valence electrons. The van der Waals surface area contributed by atoms with Gasteiger partial charge >= 0.3 is 5.97 Å². The Morgan fingerprint density at radius 3 is 3.00 bits per heavy atom. The van der Waals surface area contributed by atoms with Crippen LogP contribution in [0.5, 0.6) is 0 Å². The van der Waals surface area contributed by atoms with Crippen molar-refractivity contribution in [3.05, 3.63) is 53.5 Å². The van der Waals surface area contributed by atoms with Crippen molar-refractivity contribution in [3.63, 3.8) is 0 Å². The smallest absolute Gasteiger partial charge is 0.358 e. The van der Waals surface area contributed by atoms with Crippen LogP contribution in [0, 0.1) is 0 Å². The molecule has 0 bridgehead atoms. The Balaban J connectivity index is 1.68. The van der Waals surface area contributed by atoms with Crippen LogP contribution in [-0.4, -0.2) is 38.4 Å². The molecule has 0 amide bonds. The Kier molecular flexibility index (Phi) is 4.60. The fraction of sp³-hybridized carbons (Fsp3) is 0.222. The molecule has 0 aliphatic heterocycles. The standard InChI is InChI=1S/C18H16N4O2S2/c1-3-24-17(23)14-6-7-16-19-10-12(22(16)21-14)8-11-4-5-13-15(9-11)26-18(20-13)25-2/h4-7,9-10H,3,8H2,1-2H3. The number of carbonyl (C=O) groups excluding carboxylic acids is 1. The molecule has 0 unspecified atom stereocenters. The number of hydrogen-bond acceptors (Lipinski definition) is 7. The van der Waals surface area contributed by atoms with Crippen LogP contribution in [0.15, 0.2) is 40.9 Å². The van der Waals surface area contributed by atoms with Crippen LogP contribution in [0.3, 0.4) is 0 Å². The van der Waals surface area contributed by atoms with Gasteiger partial charge in [0.2, 0.25) is 0 Å². The van der Waals surface area contributed by atoms with Crippen molar-refractivity contribution in [1.82, 2.24) is 19.6 Å². The number of nitrogens with zero attached hydrogens (tertiary/aromatic N) is 4. The SMILES string of the molecule is CCOC(=O)c1ccc2ncc(Cc3ccc4nc(SC)sc4c3)n2n1. The lowest BCUT2D eigenvalue weighted by Gasteiger charge is -2.04. The van der Waals surface area contributed by atoms with E-state index < -0.39 is 5.97 Å². The van der Waals surface area contributed by atoms with E-state index in [0.29, 0.717) is 18.7 Å². The lowest BCUT2D eigenvalue weighted by molar-refractivity contribution is 0.0517. The molecule has 0 spiro atoms. The highest BCUT2D eigenvalue weighted by atomic mass is 32.2. The van der Waals surface area contributed by atoms with E-state index >= 15 is 0 Å². The molecule has 6 nitrogen and oxygen atoms in total. The van der Waals surface area contributed by atoms with Crippen LogP contribution >= 0.6 is 23.1 Å². The maximum absolute atomic E-state index is 11.9. The summed E-state index contributed by atoms with van der Waals surface area (Å²) in [4.78, 5) is 20.9. The van der Waals surface area contributed by atoms with Crippen molar-refractivity contribution < 1.29 is 9.53 Å². The molecule has 0 fully saturated rings. The fourth-order valence-electron chi connectivity index (χ4n) is 2.71. The Morgan fingerprint density at radius 1 is 1.31 bits per heavy atom. The van der Waals surface area contributed by atoms with Gasteiger partial charge in [0.05, 0.1) is 28.7 Å². The van der Waals surface area contributed by atoms with Crippen LogP contribution in [0.4, 0.5) is 0 Å². The summed E-state index contributed by atoms with van der Waals surface area (Å²) in [6.45, 7) is 2.10. The number of aromatic nitrogens is 4. The fourth-order valence-corrected chi connectivity index (χ4v) is 4.26. The number of thiazole rings is 1. The minimum Gasteiger partial charge on any atom is -0.461 e. The highest BCUT2D eigenvalue weighted by molar-refractivity contribution is 8.00. The van der Waals surface area contributed by atoms with E-state index in [1.165, 1.54) is 4.70 Å². The molecular formula is C18H16N4O2S2. The van der Waals surface area contributed by atoms with Crippen molar-refractivity contribution in [1.29, 1.82) is 0 Å². The number of thioether (sulfide) groups is 1. The molecular weight excluding hydrogens is 368 g/mol. The molecule has 0 aliphatic carbocycles. The number of imidazole rings is 1. The number of esters is 1. The quantitative estimate of drug-likeness (QED) is 0.385. The molecule has 4 aromatic rings. The second-order valence-electron chi connectivity index (χ2n) is 5.62. The van der Waals surface area contributed by atoms with Gasteiger partial charge in [-0.15, -0.1) is 11.3 Å². The molecule has 0 saturated carbocycles. The van der Waals surface area contributed by atoms with Crippen molar-refractivity contribution in [2.45, 2.75) is 17.7 Å². The topological polar surface area (TPSA) is 69.4 Å². The Bertz CT molecular complexity index is 1100. The van der Waals surface area contributed by atoms with E-state index in [1.807, 2.05) is 12.3 Å². The first-order valence-corrected chi connectivity index (χ1v) is 10.2. The third-order valence-corrected chi connectivity index (χ3v) is 5.91. The van der Waals surface area contributed by atoms with Gasteiger partial charge in [-0.2, -0.15) is 5.10 Å². The van der Waals surface area contributed by atoms with E-state index in [1.54, 1.807) is 52.9 Å². The van der Waals surface area contributed by atoms with Crippen molar-refractivity contribution >= 4 is 44.9 Å². The molecule has 26 heavy (non-hydrogen) atoms. The third-order valence-electron chi connectivity index (χ3n) is 3.91. The van der Waals surface area contributed by atoms with Gasteiger partial charge < -0.3 is 4.74 Å². The summed E-state index contributed by atoms with van der Waals surface area (Å²) in [6.07, 6.45) is 4.49. The van der Waals surface area contributed by atoms with Crippen LogP contribution in [0.1, 0.15) is 28.7 Å². The lowest BCUT2D eigenvalue weighted by Crippen LogP contribution is -2.10. The van der Waals surface area contributed by atoms with E-state index in [0.717, 1.165) is 21.1 Å². The number of benzene rings is 1. The van der Waals surface area contributed by atoms with Gasteiger partial charge in [-0.05, 0) is 43.0 Å². The first kappa shape index (κ1) is 17.0. The molecule has 0 saturated heterocycles. The summed E-state index contributed by atoms with van der Waals surface area (Å²) in [5.41, 5.74) is 4.07. The Labute approximate surface area is 158 Å². The predicted molar refractivity (Wildman–Crippen MR) is 103 cm³/mol. The van der Waals surface area contributed by atoms with E-state index in [9.17, 15) is 4.79 Å². The average Bonchev–Trinajstić information content (AvgIpc) is 3.25. The highest BCUT2D eigenvalue weighted by Crippen LogP contribution is 2.29. The number of ether oxygens (including phenoxy) is 1. The molecule has 0 atom stereocenters. The van der Waals surface area contributed by atoms with Gasteiger partial charge in [0, 0.05) is 6.42 Å². The number of hydrogen-bond donors (Lipinski definition) is 0. The monoisotopic (exact) mass is 384 g/mol. The van der Waals surface area contributed by atoms with Gasteiger partial charge in [0.25, 0.3) is 0 Å². The van der Waals surface area contributed by atoms with Crippen LogP contribution in [0.2, 0.25) is 0 Å². The minimum atomic E-state index is -0.426. The van der Waals surface area contributed by atoms with Crippen molar-refractivity contribution in [2.24, 2.45) is 0 Å². The van der Waals surface area contributed by atoms with Crippen LogP contribution < -0.4 is 0 Å². The summed E-state index contributed by atoms with van der Waals surface area (Å²) in [5, 5.41) is 4.40. The summed E-state index contributed by atoms with van der Waals surface area (Å²) in [5.74, 6) is -0.426. The van der Waals surface area contributed by atoms with Crippen LogP contribution in [-0.2, 0) is 11.2 Å². The summed E-state index contributed by atoms with van der Waals surface area (Å²) >= 11 is 3.35. The van der Waals surface area contributed by atoms with Crippen molar-refractivity contribution in [2.75, 3.05) is 12.9 Å². The maximum atomic E-state index is 11.9. The molecule has 8 heteroatoms. The molecule has 0 N–H and O–H groups in total. The molecule has 0 aliphatic rings. The van der Waals surface area contributed by atoms with E-state index in [4.69, 9.17) is 4.74 Å². The first-order chi connectivity index (χ1) is 12.7. The van der Waals surface area contributed by atoms with Gasteiger partial charge in [-0.25, -0.2) is 19.3 Å². The summed E-state index contributed by atoms with van der Waals surface area (Å²) in [6, 6.07) is 9.68. The van der Waals surface area contributed by atoms with Crippen LogP contribution in [0.25, 0.3) is 15.9 Å². The first-order valence-electron chi connectivity index (χ1n) is 8.12. The highest BCUT2D eigenvalue weighted by Gasteiger charge is 2.13. The average molecular weight is 384 g/mol. The predicted octanol–water partition coefficient (Wildman–Crippen LogP) is 3.83. The lowest BCUT2D eigenvalue weighted by atomic mass is 10.1. The largest absolute Gasteiger partial charge is 0.461 e. The van der Waals surface area contributed by atoms with Gasteiger partial charge in [0.1, 0.15) is 0 Å². The zero-order chi connectivity index (χ0) is 18.1. The molecule has 4 rings (SSSR count). The summed E-state index contributed by atoms with van der Waals surface area (Å²) < 4.78 is 8.96. The molecule has 3 heterocycles. The second-order valence-corrected chi connectivity index (χ2v) is 7.71. The molecule has 0 radical (unpaired) electrons. The Hall–Kier alpha value is -2.45. The third kappa shape index (κ3) is 3.17. The molecule has 1 aromatic carbocycles. The van der Waals surface area contributed by atoms with Gasteiger partial charge in [0.15, 0.2) is 15.7 Å².